The van der Waals surface area contributed by atoms with Crippen LogP contribution in [0.3, 0.4) is 0 Å². The van der Waals surface area contributed by atoms with Gasteiger partial charge in [-0.15, -0.1) is 11.3 Å². The number of aromatic nitrogens is 2. The number of hydrogen-bond acceptors (Lipinski definition) is 9. The van der Waals surface area contributed by atoms with E-state index in [0.29, 0.717) is 27.8 Å². The second-order valence-electron chi connectivity index (χ2n) is 15.5. The third kappa shape index (κ3) is 5.19. The number of imide groups is 2. The normalized spacial score (nSPS) is 25.4. The summed E-state index contributed by atoms with van der Waals surface area (Å²) in [6.45, 7) is 7.62. The van der Waals surface area contributed by atoms with Crippen molar-refractivity contribution in [3.05, 3.63) is 101 Å². The molecule has 4 heterocycles. The summed E-state index contributed by atoms with van der Waals surface area (Å²) in [6, 6.07) is 17.9. The van der Waals surface area contributed by atoms with E-state index in [0.717, 1.165) is 31.7 Å². The molecule has 2 aliphatic carbocycles. The van der Waals surface area contributed by atoms with E-state index in [1.54, 1.807) is 71.6 Å². The molecule has 0 bridgehead atoms. The minimum Gasteiger partial charge on any atom is -0.502 e. The topological polar surface area (TPSA) is 131 Å². The number of carbonyl (C=O) groups excluding carboxylic acids is 4. The number of allylic oxidation sites excluding steroid dienone is 2. The molecular weight excluding hydrogens is 764 g/mol. The maximum atomic E-state index is 15.3. The molecule has 2 saturated heterocycles. The van der Waals surface area contributed by atoms with Crippen LogP contribution < -0.4 is 19.3 Å². The van der Waals surface area contributed by atoms with Gasteiger partial charge in [-0.25, -0.2) is 4.90 Å². The van der Waals surface area contributed by atoms with Gasteiger partial charge in [0.1, 0.15) is 11.5 Å². The maximum Gasteiger partial charge on any atom is 0.242 e. The summed E-state index contributed by atoms with van der Waals surface area (Å²) >= 11 is 7.89. The van der Waals surface area contributed by atoms with Gasteiger partial charge in [0.2, 0.25) is 29.4 Å². The van der Waals surface area contributed by atoms with Crippen LogP contribution in [0.4, 0.5) is 11.5 Å². The predicted molar refractivity (Wildman–Crippen MR) is 219 cm³/mol. The Morgan fingerprint density at radius 3 is 2.32 bits per heavy atom. The lowest BCUT2D eigenvalue weighted by Crippen LogP contribution is -2.49. The zero-order valence-corrected chi connectivity index (χ0v) is 33.5. The number of phenolic OH excluding ortho intramolecular Hbond substituents is 1. The van der Waals surface area contributed by atoms with Crippen LogP contribution in [0, 0.1) is 36.0 Å². The van der Waals surface area contributed by atoms with Gasteiger partial charge in [-0.1, -0.05) is 48.0 Å². The molecule has 4 aliphatic rings. The van der Waals surface area contributed by atoms with Crippen LogP contribution in [-0.2, 0) is 26.2 Å². The summed E-state index contributed by atoms with van der Waals surface area (Å²) < 4.78 is 13.7. The fourth-order valence-electron chi connectivity index (χ4n) is 9.92. The molecule has 4 amide bonds. The molecule has 5 aromatic rings. The fourth-order valence-corrected chi connectivity index (χ4v) is 11.2. The van der Waals surface area contributed by atoms with Gasteiger partial charge in [0.15, 0.2) is 11.5 Å². The summed E-state index contributed by atoms with van der Waals surface area (Å²) in [4.78, 5) is 62.3. The second kappa shape index (κ2) is 13.2. The summed E-state index contributed by atoms with van der Waals surface area (Å²) in [5.41, 5.74) is 2.95. The van der Waals surface area contributed by atoms with Gasteiger partial charge < -0.3 is 14.6 Å². The van der Waals surface area contributed by atoms with Crippen LogP contribution in [0.5, 0.6) is 17.2 Å². The van der Waals surface area contributed by atoms with Crippen molar-refractivity contribution in [2.24, 2.45) is 36.1 Å². The fraction of sp³-hybridized carbons (Fsp3) is 0.295. The van der Waals surface area contributed by atoms with Crippen LogP contribution in [0.25, 0.3) is 26.7 Å². The zero-order valence-electron chi connectivity index (χ0n) is 31.9. The Balaban J connectivity index is 1.17. The third-order valence-corrected chi connectivity index (χ3v) is 14.2. The predicted octanol–water partition coefficient (Wildman–Crippen LogP) is 8.06. The van der Waals surface area contributed by atoms with Crippen molar-refractivity contribution >= 4 is 74.2 Å². The smallest absolute Gasteiger partial charge is 0.242 e. The van der Waals surface area contributed by atoms with E-state index in [4.69, 9.17) is 26.2 Å². The number of methoxy groups -OCH3 is 2. The molecule has 290 valence electrons. The first-order valence-corrected chi connectivity index (χ1v) is 19.9. The van der Waals surface area contributed by atoms with Gasteiger partial charge in [-0.2, -0.15) is 5.10 Å². The van der Waals surface area contributed by atoms with Crippen molar-refractivity contribution in [3.8, 4) is 27.8 Å². The molecule has 9 rings (SSSR count). The molecule has 1 saturated carbocycles. The molecule has 2 aromatic heterocycles. The third-order valence-electron chi connectivity index (χ3n) is 12.7. The Morgan fingerprint density at radius 2 is 1.65 bits per heavy atom. The molecule has 13 heteroatoms. The monoisotopic (exact) mass is 802 g/mol. The summed E-state index contributed by atoms with van der Waals surface area (Å²) in [6.07, 6.45) is 4.13. The first kappa shape index (κ1) is 36.9. The van der Waals surface area contributed by atoms with Gasteiger partial charge in [0, 0.05) is 28.8 Å². The van der Waals surface area contributed by atoms with E-state index in [2.05, 4.69) is 6.58 Å². The molecule has 0 radical (unpaired) electrons. The number of ether oxygens (including phenoxy) is 2. The van der Waals surface area contributed by atoms with Gasteiger partial charge >= 0.3 is 0 Å². The van der Waals surface area contributed by atoms with Crippen molar-refractivity contribution < 1.29 is 33.8 Å². The number of thiophene rings is 1. The van der Waals surface area contributed by atoms with Crippen molar-refractivity contribution in [2.45, 2.75) is 32.6 Å². The first-order chi connectivity index (χ1) is 27.3. The standard InChI is InChI=1S/C44H39ClN4O7S/c1-7-22-8-11-25(12-9-22)48-40(51)27-14-13-26-29(36(27)42(48)53)19-30-41(52)49(43(54)44(30,3)37(26)23-16-32(55-5)38(50)33(17-23)56-6)35-20-31(46-47(35)4)39-21(2)28-18-24(45)10-15-34(28)57-39/h7-13,15-18,20,27,29-30,36-37,50H,1,14,19H2,2-6H3/t27-,29+,30-,36-,37-,44+/m0/s1. The van der Waals surface area contributed by atoms with Crippen molar-refractivity contribution in [2.75, 3.05) is 24.0 Å². The SMILES string of the molecule is C=Cc1ccc(N2C(=O)[C@H]3[C@H](CC=C4[C@H]3C[C@H]3C(=O)N(c5cc(-c6sc7ccc(Cl)cc7c6C)nn5C)C(=O)[C@@]3(C)[C@H]4c3cc(OC)c(O)c(OC)c3)C2=O)cc1. The van der Waals surface area contributed by atoms with Gasteiger partial charge in [-0.3, -0.25) is 28.8 Å². The average Bonchev–Trinajstić information content (AvgIpc) is 3.88. The maximum absolute atomic E-state index is 15.3. The van der Waals surface area contributed by atoms with E-state index >= 15 is 9.59 Å². The van der Waals surface area contributed by atoms with E-state index in [1.165, 1.54) is 24.0 Å². The molecule has 2 aliphatic heterocycles. The number of aryl methyl sites for hydroxylation is 2. The van der Waals surface area contributed by atoms with Crippen molar-refractivity contribution in [1.29, 1.82) is 0 Å². The lowest BCUT2D eigenvalue weighted by atomic mass is 9.51. The van der Waals surface area contributed by atoms with Crippen LogP contribution in [0.2, 0.25) is 5.02 Å². The number of rotatable bonds is 7. The van der Waals surface area contributed by atoms with Crippen LogP contribution in [-0.4, -0.2) is 52.7 Å². The van der Waals surface area contributed by atoms with Gasteiger partial charge in [-0.05, 0) is 97.1 Å². The Kier molecular flexibility index (Phi) is 8.53. The lowest BCUT2D eigenvalue weighted by Gasteiger charge is -2.49. The number of halogens is 1. The first-order valence-electron chi connectivity index (χ1n) is 18.7. The number of anilines is 2. The van der Waals surface area contributed by atoms with Crippen LogP contribution >= 0.6 is 22.9 Å². The summed E-state index contributed by atoms with van der Waals surface area (Å²) in [5, 5.41) is 17.4. The Morgan fingerprint density at radius 1 is 0.947 bits per heavy atom. The number of benzene rings is 3. The minimum atomic E-state index is -1.35. The minimum absolute atomic E-state index is 0.132. The Hall–Kier alpha value is -5.72. The Bertz CT molecular complexity index is 2600. The lowest BCUT2D eigenvalue weighted by molar-refractivity contribution is -0.131. The quantitative estimate of drug-likeness (QED) is 0.129. The average molecular weight is 803 g/mol. The van der Waals surface area contributed by atoms with Gasteiger partial charge in [0.05, 0.1) is 48.0 Å². The number of hydrogen-bond donors (Lipinski definition) is 1. The Labute approximate surface area is 337 Å². The molecule has 3 fully saturated rings. The second-order valence-corrected chi connectivity index (χ2v) is 16.9. The summed E-state index contributed by atoms with van der Waals surface area (Å²) in [5.74, 6) is -4.63. The molecule has 3 aromatic carbocycles. The highest BCUT2D eigenvalue weighted by Crippen LogP contribution is 2.64. The van der Waals surface area contributed by atoms with E-state index in [-0.39, 0.29) is 41.9 Å². The van der Waals surface area contributed by atoms with Gasteiger partial charge in [0.25, 0.3) is 0 Å². The van der Waals surface area contributed by atoms with Crippen molar-refractivity contribution in [1.82, 2.24) is 9.78 Å². The van der Waals surface area contributed by atoms with E-state index in [1.807, 2.05) is 38.1 Å². The molecular formula is C44H39ClN4O7S. The molecule has 0 spiro atoms. The van der Waals surface area contributed by atoms with Crippen molar-refractivity contribution in [3.63, 3.8) is 0 Å². The highest BCUT2D eigenvalue weighted by Gasteiger charge is 2.68. The largest absolute Gasteiger partial charge is 0.502 e. The number of aromatic hydroxyl groups is 1. The van der Waals surface area contributed by atoms with E-state index < -0.39 is 46.8 Å². The number of phenols is 1. The summed E-state index contributed by atoms with van der Waals surface area (Å²) in [7, 11) is 4.56. The molecule has 6 atom stereocenters. The van der Waals surface area contributed by atoms with E-state index in [9.17, 15) is 14.7 Å². The zero-order chi connectivity index (χ0) is 40.2. The highest BCUT2D eigenvalue weighted by molar-refractivity contribution is 7.22. The molecule has 11 nitrogen and oxygen atoms in total. The van der Waals surface area contributed by atoms with Crippen LogP contribution in [0.1, 0.15) is 42.4 Å². The van der Waals surface area contributed by atoms with Crippen LogP contribution in [0.15, 0.2) is 78.9 Å². The number of nitrogens with zero attached hydrogens (tertiary/aromatic N) is 4. The molecule has 57 heavy (non-hydrogen) atoms. The highest BCUT2D eigenvalue weighted by atomic mass is 35.5. The number of amides is 4. The number of carbonyl (C=O) groups is 4. The molecule has 1 N–H and O–H groups in total. The molecule has 0 unspecified atom stereocenters. The number of fused-ring (bicyclic) bond motifs is 5.